The highest BCUT2D eigenvalue weighted by molar-refractivity contribution is 5.19. The van der Waals surface area contributed by atoms with Gasteiger partial charge < -0.3 is 5.73 Å². The quantitative estimate of drug-likeness (QED) is 0.797. The molecule has 1 atom stereocenters. The molecule has 0 aliphatic heterocycles. The summed E-state index contributed by atoms with van der Waals surface area (Å²) in [7, 11) is 0. The molecule has 0 bridgehead atoms. The number of aryl methyl sites for hydroxylation is 2. The fraction of sp³-hybridized carbons (Fsp3) is 0.750. The highest BCUT2D eigenvalue weighted by Crippen LogP contribution is 2.22. The number of aromatic nitrogens is 2. The Labute approximate surface area is 98.4 Å². The Hall–Kier alpha value is -0.870. The number of likely N-dealkylation sites (N-methyl/N-ethyl adjacent to an activating group) is 1. The van der Waals surface area contributed by atoms with Crippen molar-refractivity contribution in [2.45, 2.75) is 40.3 Å². The highest BCUT2D eigenvalue weighted by Gasteiger charge is 2.17. The van der Waals surface area contributed by atoms with Gasteiger partial charge in [0.25, 0.3) is 0 Å². The largest absolute Gasteiger partial charge is 0.329 e. The van der Waals surface area contributed by atoms with Crippen LogP contribution < -0.4 is 5.73 Å². The van der Waals surface area contributed by atoms with Gasteiger partial charge in [0.15, 0.2) is 0 Å². The molecular weight excluding hydrogens is 200 g/mol. The lowest BCUT2D eigenvalue weighted by molar-refractivity contribution is 0.228. The molecule has 1 aromatic rings. The summed E-state index contributed by atoms with van der Waals surface area (Å²) in [5, 5.41) is 4.49. The van der Waals surface area contributed by atoms with Gasteiger partial charge in [-0.2, -0.15) is 5.10 Å². The summed E-state index contributed by atoms with van der Waals surface area (Å²) < 4.78 is 2.00. The summed E-state index contributed by atoms with van der Waals surface area (Å²) in [6.45, 7) is 12.2. The number of nitrogens with two attached hydrogens (primary N) is 1. The van der Waals surface area contributed by atoms with Gasteiger partial charge in [-0.3, -0.25) is 9.58 Å². The van der Waals surface area contributed by atoms with Gasteiger partial charge in [0, 0.05) is 37.4 Å². The zero-order valence-electron chi connectivity index (χ0n) is 10.9. The third kappa shape index (κ3) is 2.83. The molecule has 0 spiro atoms. The van der Waals surface area contributed by atoms with Gasteiger partial charge in [-0.05, 0) is 27.3 Å². The highest BCUT2D eigenvalue weighted by atomic mass is 15.3. The van der Waals surface area contributed by atoms with Gasteiger partial charge in [-0.15, -0.1) is 0 Å². The minimum absolute atomic E-state index is 0.397. The van der Waals surface area contributed by atoms with Gasteiger partial charge in [0.1, 0.15) is 0 Å². The van der Waals surface area contributed by atoms with Crippen LogP contribution in [0.15, 0.2) is 6.20 Å². The molecule has 0 fully saturated rings. The molecule has 4 nitrogen and oxygen atoms in total. The van der Waals surface area contributed by atoms with Crippen LogP contribution >= 0.6 is 0 Å². The van der Waals surface area contributed by atoms with E-state index in [1.54, 1.807) is 0 Å². The topological polar surface area (TPSA) is 47.1 Å². The second kappa shape index (κ2) is 6.01. The van der Waals surface area contributed by atoms with Crippen molar-refractivity contribution in [2.24, 2.45) is 5.73 Å². The maximum Gasteiger partial charge on any atom is 0.0641 e. The number of rotatable bonds is 6. The molecule has 1 heterocycles. The Morgan fingerprint density at radius 1 is 1.50 bits per heavy atom. The number of hydrogen-bond donors (Lipinski definition) is 1. The molecular formula is C12H24N4. The van der Waals surface area contributed by atoms with Crippen LogP contribution in [0.5, 0.6) is 0 Å². The lowest BCUT2D eigenvalue weighted by Gasteiger charge is -2.26. The Morgan fingerprint density at radius 3 is 2.62 bits per heavy atom. The zero-order valence-corrected chi connectivity index (χ0v) is 10.9. The van der Waals surface area contributed by atoms with Crippen LogP contribution in [0.2, 0.25) is 0 Å². The maximum atomic E-state index is 5.63. The van der Waals surface area contributed by atoms with Crippen LogP contribution in [-0.4, -0.2) is 34.3 Å². The molecule has 2 N–H and O–H groups in total. The molecule has 0 aromatic carbocycles. The Morgan fingerprint density at radius 2 is 2.19 bits per heavy atom. The summed E-state index contributed by atoms with van der Waals surface area (Å²) >= 11 is 0. The average molecular weight is 224 g/mol. The molecule has 0 aliphatic carbocycles. The first-order valence-corrected chi connectivity index (χ1v) is 6.12. The standard InChI is InChI=1S/C12H24N4/c1-5-15(8-7-13)11(4)12-9-16(6-2)14-10(12)3/h9,11H,5-8,13H2,1-4H3. The van der Waals surface area contributed by atoms with Gasteiger partial charge in [0.2, 0.25) is 0 Å². The van der Waals surface area contributed by atoms with E-state index in [-0.39, 0.29) is 0 Å². The minimum atomic E-state index is 0.397. The molecule has 16 heavy (non-hydrogen) atoms. The third-order valence-corrected chi connectivity index (χ3v) is 3.13. The summed E-state index contributed by atoms with van der Waals surface area (Å²) in [4.78, 5) is 2.38. The molecule has 0 aliphatic rings. The Balaban J connectivity index is 2.84. The Kier molecular flexibility index (Phi) is 4.96. The van der Waals surface area contributed by atoms with E-state index in [0.717, 1.165) is 25.3 Å². The first kappa shape index (κ1) is 13.2. The van der Waals surface area contributed by atoms with Gasteiger partial charge in [-0.25, -0.2) is 0 Å². The zero-order chi connectivity index (χ0) is 12.1. The first-order valence-electron chi connectivity index (χ1n) is 6.12. The summed E-state index contributed by atoms with van der Waals surface area (Å²) in [6, 6.07) is 0.397. The van der Waals surface area contributed by atoms with E-state index < -0.39 is 0 Å². The van der Waals surface area contributed by atoms with E-state index in [2.05, 4.69) is 43.9 Å². The molecule has 1 unspecified atom stereocenters. The summed E-state index contributed by atoms with van der Waals surface area (Å²) in [5.41, 5.74) is 8.07. The SMILES string of the molecule is CCN(CCN)C(C)c1cn(CC)nc1C. The van der Waals surface area contributed by atoms with Crippen molar-refractivity contribution < 1.29 is 0 Å². The van der Waals surface area contributed by atoms with E-state index in [1.807, 2.05) is 4.68 Å². The van der Waals surface area contributed by atoms with E-state index in [1.165, 1.54) is 5.56 Å². The predicted octanol–water partition coefficient (Wildman–Crippen LogP) is 1.55. The lowest BCUT2D eigenvalue weighted by atomic mass is 10.1. The molecule has 0 radical (unpaired) electrons. The summed E-state index contributed by atoms with van der Waals surface area (Å²) in [5.74, 6) is 0. The first-order chi connectivity index (χ1) is 7.63. The van der Waals surface area contributed by atoms with Crippen molar-refractivity contribution in [1.29, 1.82) is 0 Å². The van der Waals surface area contributed by atoms with E-state index >= 15 is 0 Å². The van der Waals surface area contributed by atoms with Crippen molar-refractivity contribution >= 4 is 0 Å². The molecule has 0 saturated heterocycles. The van der Waals surface area contributed by atoms with Gasteiger partial charge >= 0.3 is 0 Å². The second-order valence-electron chi connectivity index (χ2n) is 4.12. The van der Waals surface area contributed by atoms with Crippen LogP contribution in [0.4, 0.5) is 0 Å². The Bertz CT molecular complexity index is 319. The fourth-order valence-electron chi connectivity index (χ4n) is 2.09. The van der Waals surface area contributed by atoms with E-state index in [9.17, 15) is 0 Å². The smallest absolute Gasteiger partial charge is 0.0641 e. The van der Waals surface area contributed by atoms with Crippen molar-refractivity contribution in [3.05, 3.63) is 17.5 Å². The van der Waals surface area contributed by atoms with E-state index in [0.29, 0.717) is 12.6 Å². The summed E-state index contributed by atoms with van der Waals surface area (Å²) in [6.07, 6.45) is 2.15. The van der Waals surface area contributed by atoms with Gasteiger partial charge in [-0.1, -0.05) is 6.92 Å². The van der Waals surface area contributed by atoms with Crippen molar-refractivity contribution in [1.82, 2.24) is 14.7 Å². The van der Waals surface area contributed by atoms with Crippen LogP contribution in [-0.2, 0) is 6.54 Å². The second-order valence-corrected chi connectivity index (χ2v) is 4.12. The minimum Gasteiger partial charge on any atom is -0.329 e. The molecule has 4 heteroatoms. The maximum absolute atomic E-state index is 5.63. The van der Waals surface area contributed by atoms with Gasteiger partial charge in [0.05, 0.1) is 5.69 Å². The average Bonchev–Trinajstić information content (AvgIpc) is 2.66. The molecule has 1 rings (SSSR count). The normalized spacial score (nSPS) is 13.4. The number of nitrogens with zero attached hydrogens (tertiary/aromatic N) is 3. The van der Waals surface area contributed by atoms with Crippen LogP contribution in [0, 0.1) is 6.92 Å². The van der Waals surface area contributed by atoms with Crippen molar-refractivity contribution in [3.63, 3.8) is 0 Å². The van der Waals surface area contributed by atoms with Crippen LogP contribution in [0.1, 0.15) is 38.1 Å². The van der Waals surface area contributed by atoms with Crippen molar-refractivity contribution in [2.75, 3.05) is 19.6 Å². The molecule has 1 aromatic heterocycles. The number of hydrogen-bond acceptors (Lipinski definition) is 3. The molecule has 0 amide bonds. The van der Waals surface area contributed by atoms with Crippen LogP contribution in [0.25, 0.3) is 0 Å². The van der Waals surface area contributed by atoms with E-state index in [4.69, 9.17) is 5.73 Å². The van der Waals surface area contributed by atoms with Crippen LogP contribution in [0.3, 0.4) is 0 Å². The predicted molar refractivity (Wildman–Crippen MR) is 67.4 cm³/mol. The molecule has 0 saturated carbocycles. The molecule has 92 valence electrons. The fourth-order valence-corrected chi connectivity index (χ4v) is 2.09. The van der Waals surface area contributed by atoms with Crippen molar-refractivity contribution in [3.8, 4) is 0 Å². The lowest BCUT2D eigenvalue weighted by Crippen LogP contribution is -2.32. The monoisotopic (exact) mass is 224 g/mol. The third-order valence-electron chi connectivity index (χ3n) is 3.13.